The molecule has 5 rings (SSSR count). The molecule has 9 heteroatoms. The van der Waals surface area contributed by atoms with Crippen molar-refractivity contribution in [2.24, 2.45) is 0 Å². The maximum Gasteiger partial charge on any atom is 0.416 e. The number of benzene rings is 2. The van der Waals surface area contributed by atoms with E-state index < -0.39 is 12.2 Å². The number of aromatic amines is 1. The van der Waals surface area contributed by atoms with Crippen molar-refractivity contribution in [2.45, 2.75) is 29.8 Å². The SMILES string of the molecule is O=C(Oc1ccc(Cl)cc1)N1CCc2c([nH]c3c2=CC(Br)CC=3)C1c1ccc(OCC(O)CO)cc1. The molecule has 3 unspecified atom stereocenters. The molecular weight excluding hydrogens is 548 g/mol. The number of fused-ring (bicyclic) bond motifs is 3. The molecule has 2 aromatic carbocycles. The molecule has 0 radical (unpaired) electrons. The number of aliphatic hydroxyl groups is 2. The van der Waals surface area contributed by atoms with Crippen LogP contribution in [0.5, 0.6) is 11.5 Å². The van der Waals surface area contributed by atoms with Gasteiger partial charge in [0.2, 0.25) is 0 Å². The zero-order chi connectivity index (χ0) is 25.2. The fraction of sp³-hybridized carbons (Fsp3) is 0.296. The van der Waals surface area contributed by atoms with E-state index in [9.17, 15) is 9.90 Å². The van der Waals surface area contributed by atoms with Crippen molar-refractivity contribution in [1.29, 1.82) is 0 Å². The number of aromatic nitrogens is 1. The van der Waals surface area contributed by atoms with Crippen LogP contribution in [0, 0.1) is 0 Å². The van der Waals surface area contributed by atoms with Crippen molar-refractivity contribution >= 4 is 45.8 Å². The first-order valence-electron chi connectivity index (χ1n) is 11.8. The summed E-state index contributed by atoms with van der Waals surface area (Å²) in [6.45, 7) is 0.121. The van der Waals surface area contributed by atoms with Crippen LogP contribution in [0.1, 0.15) is 29.3 Å². The van der Waals surface area contributed by atoms with Crippen molar-refractivity contribution in [1.82, 2.24) is 9.88 Å². The summed E-state index contributed by atoms with van der Waals surface area (Å²) in [4.78, 5) is 19.0. The number of carbonyl (C=O) groups excluding carboxylic acids is 1. The van der Waals surface area contributed by atoms with Gasteiger partial charge in [0.25, 0.3) is 0 Å². The fourth-order valence-electron chi connectivity index (χ4n) is 4.64. The third kappa shape index (κ3) is 5.18. The van der Waals surface area contributed by atoms with Crippen LogP contribution < -0.4 is 20.0 Å². The van der Waals surface area contributed by atoms with E-state index in [1.54, 1.807) is 41.3 Å². The third-order valence-electron chi connectivity index (χ3n) is 6.39. The molecule has 0 bridgehead atoms. The van der Waals surface area contributed by atoms with Crippen molar-refractivity contribution in [3.8, 4) is 11.5 Å². The first-order valence-corrected chi connectivity index (χ1v) is 13.0. The van der Waals surface area contributed by atoms with Gasteiger partial charge in [-0.05, 0) is 65.6 Å². The average Bonchev–Trinajstić information content (AvgIpc) is 3.26. The smallest absolute Gasteiger partial charge is 0.416 e. The lowest BCUT2D eigenvalue weighted by atomic mass is 9.92. The summed E-state index contributed by atoms with van der Waals surface area (Å²) < 4.78 is 11.3. The number of H-pyrrole nitrogens is 1. The van der Waals surface area contributed by atoms with E-state index in [1.807, 2.05) is 12.1 Å². The van der Waals surface area contributed by atoms with Crippen LogP contribution in [0.4, 0.5) is 4.79 Å². The Balaban J connectivity index is 1.49. The Morgan fingerprint density at radius 1 is 1.17 bits per heavy atom. The predicted octanol–water partition coefficient (Wildman–Crippen LogP) is 3.27. The summed E-state index contributed by atoms with van der Waals surface area (Å²) in [6.07, 6.45) is 4.62. The van der Waals surface area contributed by atoms with Gasteiger partial charge in [0.1, 0.15) is 30.3 Å². The number of rotatable bonds is 6. The number of alkyl halides is 1. The molecule has 1 amide bonds. The van der Waals surface area contributed by atoms with E-state index >= 15 is 0 Å². The third-order valence-corrected chi connectivity index (χ3v) is 7.28. The molecular formula is C27H26BrClN2O5. The van der Waals surface area contributed by atoms with Crippen LogP contribution in [0.2, 0.25) is 5.02 Å². The second-order valence-electron chi connectivity index (χ2n) is 8.85. The Morgan fingerprint density at radius 3 is 2.61 bits per heavy atom. The van der Waals surface area contributed by atoms with Crippen LogP contribution in [-0.4, -0.2) is 56.9 Å². The first-order chi connectivity index (χ1) is 17.4. The lowest BCUT2D eigenvalue weighted by molar-refractivity contribution is 0.0536. The standard InChI is InChI=1S/C27H26BrClN2O5/c28-17-3-10-24-23(13-17)22-11-12-31(27(34)36-21-8-4-18(29)5-9-21)26(25(22)30-24)16-1-6-20(7-2-16)35-15-19(33)14-32/h1-2,4-10,13,17,19,26,30,32-33H,3,11-12,14-15H2. The molecule has 0 spiro atoms. The van der Waals surface area contributed by atoms with Crippen molar-refractivity contribution in [3.63, 3.8) is 0 Å². The highest BCUT2D eigenvalue weighted by atomic mass is 79.9. The van der Waals surface area contributed by atoms with Gasteiger partial charge in [0.05, 0.1) is 6.61 Å². The molecule has 188 valence electrons. The van der Waals surface area contributed by atoms with Gasteiger partial charge in [-0.3, -0.25) is 4.90 Å². The van der Waals surface area contributed by atoms with Crippen LogP contribution in [0.25, 0.3) is 12.2 Å². The number of ether oxygens (including phenoxy) is 2. The molecule has 0 saturated carbocycles. The molecule has 3 atom stereocenters. The Morgan fingerprint density at radius 2 is 1.89 bits per heavy atom. The molecule has 7 nitrogen and oxygen atoms in total. The molecule has 1 aromatic heterocycles. The average molecular weight is 574 g/mol. The van der Waals surface area contributed by atoms with Gasteiger partial charge in [-0.25, -0.2) is 4.79 Å². The summed E-state index contributed by atoms with van der Waals surface area (Å²) in [5.74, 6) is 0.988. The van der Waals surface area contributed by atoms with E-state index in [0.717, 1.165) is 23.0 Å². The summed E-state index contributed by atoms with van der Waals surface area (Å²) in [5, 5.41) is 21.4. The summed E-state index contributed by atoms with van der Waals surface area (Å²) in [6, 6.07) is 13.7. The largest absolute Gasteiger partial charge is 0.491 e. The minimum Gasteiger partial charge on any atom is -0.491 e. The monoisotopic (exact) mass is 572 g/mol. The Kier molecular flexibility index (Phi) is 7.39. The van der Waals surface area contributed by atoms with E-state index in [-0.39, 0.29) is 24.1 Å². The van der Waals surface area contributed by atoms with Crippen molar-refractivity contribution < 1.29 is 24.5 Å². The molecule has 2 aliphatic rings. The molecule has 3 aromatic rings. The molecule has 1 aliphatic heterocycles. The van der Waals surface area contributed by atoms with Gasteiger partial charge in [-0.15, -0.1) is 0 Å². The molecule has 0 fully saturated rings. The summed E-state index contributed by atoms with van der Waals surface area (Å²) in [7, 11) is 0. The summed E-state index contributed by atoms with van der Waals surface area (Å²) >= 11 is 9.68. The number of nitrogens with one attached hydrogen (secondary N) is 1. The minimum atomic E-state index is -0.945. The fourth-order valence-corrected chi connectivity index (χ4v) is 5.22. The van der Waals surface area contributed by atoms with Gasteiger partial charge in [-0.2, -0.15) is 0 Å². The van der Waals surface area contributed by atoms with E-state index in [1.165, 1.54) is 10.8 Å². The number of hydrogen-bond donors (Lipinski definition) is 3. The first kappa shape index (κ1) is 24.9. The highest BCUT2D eigenvalue weighted by molar-refractivity contribution is 9.09. The van der Waals surface area contributed by atoms with Crippen LogP contribution in [0.15, 0.2) is 48.5 Å². The summed E-state index contributed by atoms with van der Waals surface area (Å²) in [5.41, 5.74) is 3.07. The van der Waals surface area contributed by atoms with Crippen LogP contribution >= 0.6 is 27.5 Å². The maximum atomic E-state index is 13.4. The number of nitrogens with zero attached hydrogens (tertiary/aromatic N) is 1. The molecule has 36 heavy (non-hydrogen) atoms. The van der Waals surface area contributed by atoms with Gasteiger partial charge in [0.15, 0.2) is 0 Å². The van der Waals surface area contributed by atoms with E-state index in [2.05, 4.69) is 33.1 Å². The second kappa shape index (κ2) is 10.7. The number of amides is 1. The number of aliphatic hydroxyl groups excluding tert-OH is 2. The highest BCUT2D eigenvalue weighted by Crippen LogP contribution is 2.34. The van der Waals surface area contributed by atoms with Gasteiger partial charge >= 0.3 is 6.09 Å². The number of halogens is 2. The van der Waals surface area contributed by atoms with Crippen molar-refractivity contribution in [3.05, 3.63) is 80.9 Å². The Hall–Kier alpha value is -2.78. The topological polar surface area (TPSA) is 95.0 Å². The van der Waals surface area contributed by atoms with E-state index in [4.69, 9.17) is 26.2 Å². The lowest BCUT2D eigenvalue weighted by Crippen LogP contribution is -2.43. The normalized spacial score (nSPS) is 19.4. The highest BCUT2D eigenvalue weighted by Gasteiger charge is 2.35. The minimum absolute atomic E-state index is 0.00824. The second-order valence-corrected chi connectivity index (χ2v) is 10.5. The zero-order valence-electron chi connectivity index (χ0n) is 19.4. The zero-order valence-corrected chi connectivity index (χ0v) is 21.7. The van der Waals surface area contributed by atoms with Gasteiger partial charge in [-0.1, -0.05) is 51.8 Å². The lowest BCUT2D eigenvalue weighted by Gasteiger charge is -2.35. The van der Waals surface area contributed by atoms with Crippen LogP contribution in [0.3, 0.4) is 0 Å². The maximum absolute atomic E-state index is 13.4. The number of hydrogen-bond acceptors (Lipinski definition) is 5. The quantitative estimate of drug-likeness (QED) is 0.394. The predicted molar refractivity (Wildman–Crippen MR) is 141 cm³/mol. The molecule has 3 N–H and O–H groups in total. The van der Waals surface area contributed by atoms with Gasteiger partial charge < -0.3 is 24.7 Å². The van der Waals surface area contributed by atoms with Crippen molar-refractivity contribution in [2.75, 3.05) is 19.8 Å². The van der Waals surface area contributed by atoms with Crippen LogP contribution in [-0.2, 0) is 6.42 Å². The van der Waals surface area contributed by atoms with E-state index in [0.29, 0.717) is 29.5 Å². The molecule has 1 aliphatic carbocycles. The Labute approximate surface area is 221 Å². The molecule has 2 heterocycles. The molecule has 0 saturated heterocycles. The number of carbonyl (C=O) groups is 1. The Bertz CT molecular complexity index is 1360. The van der Waals surface area contributed by atoms with Gasteiger partial charge in [0, 0.05) is 27.4 Å².